The first-order chi connectivity index (χ1) is 13.4. The number of unbranched alkanes of at least 4 members (excludes halogenated alkanes) is 1. The molecule has 9 nitrogen and oxygen atoms in total. The van der Waals surface area contributed by atoms with Crippen LogP contribution < -0.4 is 22.1 Å². The molecule has 1 fully saturated rings. The van der Waals surface area contributed by atoms with Crippen molar-refractivity contribution in [1.82, 2.24) is 20.6 Å². The number of carbonyl (C=O) groups excluding carboxylic acids is 1. The predicted molar refractivity (Wildman–Crippen MR) is 108 cm³/mol. The van der Waals surface area contributed by atoms with E-state index in [4.69, 9.17) is 23.1 Å². The van der Waals surface area contributed by atoms with Gasteiger partial charge in [0.15, 0.2) is 28.4 Å². The third kappa shape index (κ3) is 5.01. The average Bonchev–Trinajstić information content (AvgIpc) is 3.10. The number of aromatic nitrogens is 2. The number of amides is 1. The van der Waals surface area contributed by atoms with E-state index in [0.717, 1.165) is 25.7 Å². The van der Waals surface area contributed by atoms with Crippen molar-refractivity contribution < 1.29 is 9.90 Å². The maximum Gasteiger partial charge on any atom is 0.302 e. The Kier molecular flexibility index (Phi) is 6.15. The fourth-order valence-corrected chi connectivity index (χ4v) is 3.02. The molecule has 1 aliphatic heterocycles. The molecule has 0 saturated carbocycles. The summed E-state index contributed by atoms with van der Waals surface area (Å²) in [6, 6.07) is 7.44. The number of phenolic OH excluding ortho intramolecular Hbond substituents is 1. The minimum absolute atomic E-state index is 0.0344. The van der Waals surface area contributed by atoms with E-state index in [1.54, 1.807) is 12.1 Å². The topological polar surface area (TPSA) is 152 Å². The number of hydrogen-bond acceptors (Lipinski definition) is 6. The molecule has 1 unspecified atom stereocenters. The lowest BCUT2D eigenvalue weighted by Gasteiger charge is -2.09. The molecule has 1 saturated heterocycles. The van der Waals surface area contributed by atoms with Crippen molar-refractivity contribution >= 4 is 35.1 Å². The molecule has 1 aromatic carbocycles. The normalized spacial score (nSPS) is 17.3. The lowest BCUT2D eigenvalue weighted by Crippen LogP contribution is -2.29. The van der Waals surface area contributed by atoms with E-state index in [1.807, 2.05) is 12.1 Å². The molecule has 148 valence electrons. The number of nitrogens with zero attached hydrogens (tertiary/aromatic N) is 3. The minimum atomic E-state index is -0.644. The number of aliphatic imine (C=N–C) groups is 1. The molecular weight excluding hydrogens is 382 g/mol. The summed E-state index contributed by atoms with van der Waals surface area (Å²) in [7, 11) is 0. The largest absolute Gasteiger partial charge is 0.508 e. The average molecular weight is 404 g/mol. The standard InChI is InChI=1S/C18H22ClN7O2/c19-14-16(21)25-15(20)13(24-14)17(28)26-18-22-9-11(23-18)4-2-1-3-10-5-7-12(27)8-6-10/h5-8,11,27H,1-4,9H2,(H4,20,21,25)(H2,22,23,26,28). The summed E-state index contributed by atoms with van der Waals surface area (Å²) in [6.45, 7) is 0.676. The van der Waals surface area contributed by atoms with Crippen molar-refractivity contribution in [2.75, 3.05) is 18.0 Å². The Hall–Kier alpha value is -3.07. The van der Waals surface area contributed by atoms with E-state index in [1.165, 1.54) is 5.56 Å². The van der Waals surface area contributed by atoms with Crippen LogP contribution in [-0.2, 0) is 6.42 Å². The smallest absolute Gasteiger partial charge is 0.302 e. The molecule has 7 N–H and O–H groups in total. The van der Waals surface area contributed by atoms with Crippen LogP contribution in [-0.4, -0.2) is 39.5 Å². The first-order valence-corrected chi connectivity index (χ1v) is 9.30. The monoisotopic (exact) mass is 403 g/mol. The molecule has 0 radical (unpaired) electrons. The fourth-order valence-electron chi connectivity index (χ4n) is 2.90. The van der Waals surface area contributed by atoms with Gasteiger partial charge in [0.1, 0.15) is 5.75 Å². The lowest BCUT2D eigenvalue weighted by atomic mass is 10.0. The number of hydrogen-bond donors (Lipinski definition) is 5. The van der Waals surface area contributed by atoms with Crippen molar-refractivity contribution in [2.24, 2.45) is 4.99 Å². The predicted octanol–water partition coefficient (Wildman–Crippen LogP) is 1.47. The molecule has 1 amide bonds. The molecule has 1 aromatic heterocycles. The summed E-state index contributed by atoms with van der Waals surface area (Å²) in [6.07, 6.45) is 3.95. The van der Waals surface area contributed by atoms with Gasteiger partial charge in [-0.25, -0.2) is 9.97 Å². The lowest BCUT2D eigenvalue weighted by molar-refractivity contribution is 0.0998. The van der Waals surface area contributed by atoms with Gasteiger partial charge in [-0.05, 0) is 37.0 Å². The number of benzene rings is 1. The highest BCUT2D eigenvalue weighted by Gasteiger charge is 2.21. The van der Waals surface area contributed by atoms with Crippen LogP contribution in [0.2, 0.25) is 5.15 Å². The van der Waals surface area contributed by atoms with Gasteiger partial charge in [-0.15, -0.1) is 0 Å². The molecule has 1 atom stereocenters. The van der Waals surface area contributed by atoms with Crippen LogP contribution in [0.15, 0.2) is 29.3 Å². The van der Waals surface area contributed by atoms with Gasteiger partial charge < -0.3 is 27.2 Å². The SMILES string of the molecule is Nc1nc(N)c(C(=O)/N=C2/NCC(CCCCc3ccc(O)cc3)N2)nc1Cl. The number of phenols is 1. The highest BCUT2D eigenvalue weighted by atomic mass is 35.5. The third-order valence-electron chi connectivity index (χ3n) is 4.38. The van der Waals surface area contributed by atoms with Crippen molar-refractivity contribution in [2.45, 2.75) is 31.7 Å². The van der Waals surface area contributed by atoms with E-state index in [-0.39, 0.29) is 34.3 Å². The van der Waals surface area contributed by atoms with Gasteiger partial charge in [0.2, 0.25) is 0 Å². The first-order valence-electron chi connectivity index (χ1n) is 8.92. The van der Waals surface area contributed by atoms with Crippen LogP contribution in [0.4, 0.5) is 11.6 Å². The number of aryl methyl sites for hydroxylation is 1. The van der Waals surface area contributed by atoms with E-state index < -0.39 is 5.91 Å². The zero-order valence-corrected chi connectivity index (χ0v) is 15.9. The maximum absolute atomic E-state index is 12.3. The number of guanidine groups is 1. The molecule has 0 bridgehead atoms. The van der Waals surface area contributed by atoms with E-state index in [2.05, 4.69) is 25.6 Å². The number of carbonyl (C=O) groups is 1. The summed E-state index contributed by atoms with van der Waals surface area (Å²) in [5, 5.41) is 15.5. The maximum atomic E-state index is 12.3. The van der Waals surface area contributed by atoms with Crippen molar-refractivity contribution in [3.05, 3.63) is 40.7 Å². The van der Waals surface area contributed by atoms with Crippen molar-refractivity contribution in [3.63, 3.8) is 0 Å². The van der Waals surface area contributed by atoms with Crippen LogP contribution in [0.25, 0.3) is 0 Å². The fraction of sp³-hybridized carbons (Fsp3) is 0.333. The molecule has 0 aliphatic carbocycles. The summed E-state index contributed by atoms with van der Waals surface area (Å²) < 4.78 is 0. The Balaban J connectivity index is 1.47. The molecule has 1 aliphatic rings. The molecular formula is C18H22ClN7O2. The Morgan fingerprint density at radius 2 is 1.96 bits per heavy atom. The number of nitrogens with one attached hydrogen (secondary N) is 2. The van der Waals surface area contributed by atoms with Gasteiger partial charge in [-0.3, -0.25) is 4.79 Å². The second kappa shape index (κ2) is 8.75. The van der Waals surface area contributed by atoms with Crippen LogP contribution in [0.1, 0.15) is 35.3 Å². The van der Waals surface area contributed by atoms with Crippen molar-refractivity contribution in [3.8, 4) is 5.75 Å². The van der Waals surface area contributed by atoms with Gasteiger partial charge in [-0.1, -0.05) is 30.2 Å². The number of halogens is 1. The Morgan fingerprint density at radius 3 is 2.71 bits per heavy atom. The second-order valence-electron chi connectivity index (χ2n) is 6.53. The summed E-state index contributed by atoms with van der Waals surface area (Å²) in [4.78, 5) is 23.9. The number of nitrogens with two attached hydrogens (primary N) is 2. The van der Waals surface area contributed by atoms with Crippen LogP contribution >= 0.6 is 11.6 Å². The summed E-state index contributed by atoms with van der Waals surface area (Å²) in [5.74, 6) is -0.134. The number of rotatable bonds is 6. The van der Waals surface area contributed by atoms with Gasteiger partial charge in [0.05, 0.1) is 0 Å². The van der Waals surface area contributed by atoms with Crippen LogP contribution in [0.3, 0.4) is 0 Å². The molecule has 0 spiro atoms. The van der Waals surface area contributed by atoms with Crippen molar-refractivity contribution in [1.29, 1.82) is 0 Å². The molecule has 2 aromatic rings. The quantitative estimate of drug-likeness (QED) is 0.454. The minimum Gasteiger partial charge on any atom is -0.508 e. The zero-order chi connectivity index (χ0) is 20.1. The van der Waals surface area contributed by atoms with Gasteiger partial charge in [0.25, 0.3) is 0 Å². The van der Waals surface area contributed by atoms with Gasteiger partial charge >= 0.3 is 5.91 Å². The summed E-state index contributed by atoms with van der Waals surface area (Å²) >= 11 is 5.79. The van der Waals surface area contributed by atoms with E-state index in [9.17, 15) is 9.90 Å². The number of nitrogen functional groups attached to an aromatic ring is 2. The van der Waals surface area contributed by atoms with Gasteiger partial charge in [0, 0.05) is 12.6 Å². The zero-order valence-electron chi connectivity index (χ0n) is 15.2. The third-order valence-corrected chi connectivity index (χ3v) is 4.66. The first kappa shape index (κ1) is 19.7. The highest BCUT2D eigenvalue weighted by molar-refractivity contribution is 6.31. The Morgan fingerprint density at radius 1 is 1.21 bits per heavy atom. The molecule has 2 heterocycles. The Bertz CT molecular complexity index is 886. The van der Waals surface area contributed by atoms with Crippen LogP contribution in [0.5, 0.6) is 5.75 Å². The van der Waals surface area contributed by atoms with E-state index in [0.29, 0.717) is 12.5 Å². The molecule has 10 heteroatoms. The Labute approximate surface area is 167 Å². The second-order valence-corrected chi connectivity index (χ2v) is 6.89. The summed E-state index contributed by atoms with van der Waals surface area (Å²) in [5.41, 5.74) is 12.2. The van der Waals surface area contributed by atoms with Gasteiger partial charge in [-0.2, -0.15) is 4.99 Å². The molecule has 28 heavy (non-hydrogen) atoms. The number of aromatic hydroxyl groups is 1. The van der Waals surface area contributed by atoms with E-state index >= 15 is 0 Å². The molecule has 3 rings (SSSR count). The number of anilines is 2. The highest BCUT2D eigenvalue weighted by Crippen LogP contribution is 2.18. The van der Waals surface area contributed by atoms with Crippen LogP contribution in [0, 0.1) is 0 Å².